The Morgan fingerprint density at radius 3 is 2.15 bits per heavy atom. The molecule has 0 fully saturated rings. The molecule has 0 aliphatic carbocycles. The number of ether oxygens (including phenoxy) is 1. The molecule has 2 aromatic rings. The van der Waals surface area contributed by atoms with E-state index in [4.69, 9.17) is 16.3 Å². The summed E-state index contributed by atoms with van der Waals surface area (Å²) in [6, 6.07) is 13.8. The maximum absolute atomic E-state index is 12.6. The summed E-state index contributed by atoms with van der Waals surface area (Å²) in [6.07, 6.45) is 1.09. The molecule has 1 amide bonds. The number of hydrogen-bond donors (Lipinski definition) is 0. The third-order valence-corrected chi connectivity index (χ3v) is 5.33. The molecule has 0 saturated carbocycles. The van der Waals surface area contributed by atoms with Crippen molar-refractivity contribution in [3.8, 4) is 5.75 Å². The number of methoxy groups -OCH3 is 1. The molecule has 2 rings (SSSR count). The molecule has 0 radical (unpaired) electrons. The highest BCUT2D eigenvalue weighted by molar-refractivity contribution is 7.88. The molecule has 0 bridgehead atoms. The minimum Gasteiger partial charge on any atom is -0.497 e. The van der Waals surface area contributed by atoms with E-state index >= 15 is 0 Å². The molecule has 0 aliphatic rings. The number of halogens is 1. The van der Waals surface area contributed by atoms with Gasteiger partial charge in [0.1, 0.15) is 5.75 Å². The monoisotopic (exact) mass is 396 g/mol. The van der Waals surface area contributed by atoms with Crippen molar-refractivity contribution in [2.24, 2.45) is 0 Å². The summed E-state index contributed by atoms with van der Waals surface area (Å²) in [7, 11) is -0.398. The minimum atomic E-state index is -3.56. The zero-order valence-electron chi connectivity index (χ0n) is 14.8. The summed E-state index contributed by atoms with van der Waals surface area (Å²) < 4.78 is 30.4. The molecule has 2 aromatic carbocycles. The molecule has 8 heteroatoms. The molecule has 0 heterocycles. The number of rotatable bonds is 7. The number of hydrogen-bond acceptors (Lipinski definition) is 4. The van der Waals surface area contributed by atoms with Gasteiger partial charge in [0.2, 0.25) is 15.9 Å². The van der Waals surface area contributed by atoms with Gasteiger partial charge in [0, 0.05) is 24.3 Å². The second kappa shape index (κ2) is 8.53. The molecule has 140 valence electrons. The molecule has 0 aliphatic heterocycles. The van der Waals surface area contributed by atoms with Crippen LogP contribution in [0.3, 0.4) is 0 Å². The van der Waals surface area contributed by atoms with Crippen LogP contribution in [-0.2, 0) is 21.4 Å². The van der Waals surface area contributed by atoms with E-state index in [1.54, 1.807) is 62.7 Å². The highest BCUT2D eigenvalue weighted by atomic mass is 35.5. The van der Waals surface area contributed by atoms with Crippen LogP contribution < -0.4 is 9.64 Å². The van der Waals surface area contributed by atoms with Crippen molar-refractivity contribution in [3.05, 3.63) is 59.1 Å². The van der Waals surface area contributed by atoms with Gasteiger partial charge in [-0.3, -0.25) is 4.79 Å². The molecular weight excluding hydrogens is 376 g/mol. The van der Waals surface area contributed by atoms with Crippen LogP contribution in [0.2, 0.25) is 5.02 Å². The van der Waals surface area contributed by atoms with Crippen LogP contribution in [0.1, 0.15) is 5.56 Å². The zero-order valence-corrected chi connectivity index (χ0v) is 16.4. The zero-order chi connectivity index (χ0) is 19.3. The summed E-state index contributed by atoms with van der Waals surface area (Å²) >= 11 is 5.85. The van der Waals surface area contributed by atoms with E-state index in [0.29, 0.717) is 16.5 Å². The number of carbonyl (C=O) groups excluding carboxylic acids is 1. The first-order valence-corrected chi connectivity index (χ1v) is 10.0. The number of anilines is 1. The van der Waals surface area contributed by atoms with E-state index in [2.05, 4.69) is 0 Å². The topological polar surface area (TPSA) is 66.9 Å². The average Bonchev–Trinajstić information content (AvgIpc) is 2.61. The number of nitrogens with zero attached hydrogens (tertiary/aromatic N) is 2. The third-order valence-electron chi connectivity index (χ3n) is 3.89. The lowest BCUT2D eigenvalue weighted by atomic mass is 10.2. The van der Waals surface area contributed by atoms with Gasteiger partial charge in [-0.15, -0.1) is 0 Å². The average molecular weight is 397 g/mol. The van der Waals surface area contributed by atoms with Gasteiger partial charge in [0.25, 0.3) is 0 Å². The summed E-state index contributed by atoms with van der Waals surface area (Å²) in [5.41, 5.74) is 1.40. The second-order valence-corrected chi connectivity index (χ2v) is 8.23. The Kier molecular flexibility index (Phi) is 6.63. The number of amides is 1. The summed E-state index contributed by atoms with van der Waals surface area (Å²) in [4.78, 5) is 14.0. The van der Waals surface area contributed by atoms with Gasteiger partial charge in [-0.1, -0.05) is 23.7 Å². The van der Waals surface area contributed by atoms with Crippen molar-refractivity contribution in [2.45, 2.75) is 6.54 Å². The van der Waals surface area contributed by atoms with Crippen LogP contribution in [0.15, 0.2) is 48.5 Å². The molecule has 0 aromatic heterocycles. The van der Waals surface area contributed by atoms with Crippen molar-refractivity contribution in [1.29, 1.82) is 0 Å². The lowest BCUT2D eigenvalue weighted by Gasteiger charge is -2.24. The summed E-state index contributed by atoms with van der Waals surface area (Å²) in [5, 5.41) is 0.565. The molecular formula is C18H21ClN2O4S. The molecule has 0 N–H and O–H groups in total. The summed E-state index contributed by atoms with van der Waals surface area (Å²) in [6.45, 7) is -0.165. The second-order valence-electron chi connectivity index (χ2n) is 5.81. The first-order chi connectivity index (χ1) is 12.2. The van der Waals surface area contributed by atoms with Gasteiger partial charge in [-0.25, -0.2) is 8.42 Å². The molecule has 0 unspecified atom stereocenters. The van der Waals surface area contributed by atoms with Crippen molar-refractivity contribution in [3.63, 3.8) is 0 Å². The van der Waals surface area contributed by atoms with Gasteiger partial charge in [-0.05, 0) is 42.0 Å². The SMILES string of the molecule is COc1ccc(N(C)C(=O)CN(Cc2ccc(Cl)cc2)S(C)(=O)=O)cc1. The first-order valence-electron chi connectivity index (χ1n) is 7.81. The third kappa shape index (κ3) is 5.45. The Morgan fingerprint density at radius 1 is 1.08 bits per heavy atom. The number of sulfonamides is 1. The van der Waals surface area contributed by atoms with E-state index in [-0.39, 0.29) is 19.0 Å². The molecule has 0 spiro atoms. The highest BCUT2D eigenvalue weighted by Crippen LogP contribution is 2.19. The van der Waals surface area contributed by atoms with Crippen LogP contribution in [0.4, 0.5) is 5.69 Å². The van der Waals surface area contributed by atoms with E-state index in [0.717, 1.165) is 16.1 Å². The summed E-state index contributed by atoms with van der Waals surface area (Å²) in [5.74, 6) is 0.338. The fourth-order valence-corrected chi connectivity index (χ4v) is 3.15. The molecule has 0 atom stereocenters. The quantitative estimate of drug-likeness (QED) is 0.721. The normalized spacial score (nSPS) is 11.4. The Labute approximate surface area is 159 Å². The van der Waals surface area contributed by atoms with Crippen molar-refractivity contribution >= 4 is 33.2 Å². The fraction of sp³-hybridized carbons (Fsp3) is 0.278. The van der Waals surface area contributed by atoms with Gasteiger partial charge >= 0.3 is 0 Å². The smallest absolute Gasteiger partial charge is 0.242 e. The maximum atomic E-state index is 12.6. The van der Waals surface area contributed by atoms with E-state index < -0.39 is 10.0 Å². The van der Waals surface area contributed by atoms with Crippen molar-refractivity contribution < 1.29 is 17.9 Å². The standard InChI is InChI=1S/C18H21ClN2O4S/c1-20(16-8-10-17(25-2)11-9-16)18(22)13-21(26(3,23)24)12-14-4-6-15(19)7-5-14/h4-11H,12-13H2,1-3H3. The minimum absolute atomic E-state index is 0.0954. The highest BCUT2D eigenvalue weighted by Gasteiger charge is 2.23. The van der Waals surface area contributed by atoms with Crippen LogP contribution >= 0.6 is 11.6 Å². The van der Waals surface area contributed by atoms with Gasteiger partial charge in [-0.2, -0.15) is 4.31 Å². The van der Waals surface area contributed by atoms with Crippen LogP contribution in [-0.4, -0.2) is 45.6 Å². The first kappa shape index (κ1) is 20.2. The lowest BCUT2D eigenvalue weighted by molar-refractivity contribution is -0.118. The predicted octanol–water partition coefficient (Wildman–Crippen LogP) is 2.77. The Balaban J connectivity index is 2.13. The van der Waals surface area contributed by atoms with E-state index in [9.17, 15) is 13.2 Å². The van der Waals surface area contributed by atoms with Crippen LogP contribution in [0.5, 0.6) is 5.75 Å². The molecule has 0 saturated heterocycles. The van der Waals surface area contributed by atoms with Crippen molar-refractivity contribution in [1.82, 2.24) is 4.31 Å². The van der Waals surface area contributed by atoms with Gasteiger partial charge < -0.3 is 9.64 Å². The lowest BCUT2D eigenvalue weighted by Crippen LogP contribution is -2.40. The molecule has 6 nitrogen and oxygen atoms in total. The fourth-order valence-electron chi connectivity index (χ4n) is 2.29. The number of carbonyl (C=O) groups is 1. The van der Waals surface area contributed by atoms with Crippen LogP contribution in [0, 0.1) is 0 Å². The van der Waals surface area contributed by atoms with E-state index in [1.807, 2.05) is 0 Å². The van der Waals surface area contributed by atoms with Gasteiger partial charge in [0.05, 0.1) is 19.9 Å². The molecule has 26 heavy (non-hydrogen) atoms. The van der Waals surface area contributed by atoms with Crippen molar-refractivity contribution in [2.75, 3.05) is 31.9 Å². The Hall–Kier alpha value is -2.09. The predicted molar refractivity (Wildman–Crippen MR) is 103 cm³/mol. The number of benzene rings is 2. The Bertz CT molecular complexity index is 852. The van der Waals surface area contributed by atoms with Gasteiger partial charge in [0.15, 0.2) is 0 Å². The van der Waals surface area contributed by atoms with Crippen LogP contribution in [0.25, 0.3) is 0 Å². The maximum Gasteiger partial charge on any atom is 0.242 e. The number of likely N-dealkylation sites (N-methyl/N-ethyl adjacent to an activating group) is 1. The van der Waals surface area contributed by atoms with E-state index in [1.165, 1.54) is 4.90 Å². The largest absolute Gasteiger partial charge is 0.497 e. The Morgan fingerprint density at radius 2 is 1.65 bits per heavy atom.